The lowest BCUT2D eigenvalue weighted by Crippen LogP contribution is -2.44. The molecule has 0 spiro atoms. The summed E-state index contributed by atoms with van der Waals surface area (Å²) in [7, 11) is 0. The second kappa shape index (κ2) is 4.46. The van der Waals surface area contributed by atoms with E-state index >= 15 is 0 Å². The van der Waals surface area contributed by atoms with Crippen molar-refractivity contribution in [3.05, 3.63) is 53.4 Å². The van der Waals surface area contributed by atoms with Crippen LogP contribution in [0.15, 0.2) is 30.6 Å². The number of aromatic nitrogens is 2. The third kappa shape index (κ3) is 2.16. The van der Waals surface area contributed by atoms with Crippen molar-refractivity contribution >= 4 is 0 Å². The molecule has 1 aromatic heterocycles. The summed E-state index contributed by atoms with van der Waals surface area (Å²) in [5.41, 5.74) is 2.88. The Bertz CT molecular complexity index is 601. The van der Waals surface area contributed by atoms with Gasteiger partial charge in [-0.1, -0.05) is 18.2 Å². The lowest BCUT2D eigenvalue weighted by atomic mass is 9.93. The SMILES string of the molecule is CC1(C)NCCc2ncn(Cc3ccccc3F)c21. The van der Waals surface area contributed by atoms with E-state index in [9.17, 15) is 4.39 Å². The van der Waals surface area contributed by atoms with Crippen molar-refractivity contribution in [1.29, 1.82) is 0 Å². The maximum absolute atomic E-state index is 13.8. The second-order valence-corrected chi connectivity index (χ2v) is 5.56. The van der Waals surface area contributed by atoms with Gasteiger partial charge in [-0.2, -0.15) is 0 Å². The van der Waals surface area contributed by atoms with Gasteiger partial charge in [0, 0.05) is 18.5 Å². The smallest absolute Gasteiger partial charge is 0.128 e. The second-order valence-electron chi connectivity index (χ2n) is 5.56. The van der Waals surface area contributed by atoms with Gasteiger partial charge in [0.1, 0.15) is 5.82 Å². The van der Waals surface area contributed by atoms with Gasteiger partial charge in [-0.05, 0) is 19.9 Å². The molecule has 0 atom stereocenters. The van der Waals surface area contributed by atoms with Crippen molar-refractivity contribution in [2.75, 3.05) is 6.54 Å². The molecule has 0 radical (unpaired) electrons. The van der Waals surface area contributed by atoms with Gasteiger partial charge in [0.2, 0.25) is 0 Å². The monoisotopic (exact) mass is 259 g/mol. The first-order valence-corrected chi connectivity index (χ1v) is 6.61. The number of halogens is 1. The molecule has 0 amide bonds. The quantitative estimate of drug-likeness (QED) is 0.897. The van der Waals surface area contributed by atoms with Gasteiger partial charge in [-0.3, -0.25) is 0 Å². The number of hydrogen-bond donors (Lipinski definition) is 1. The number of rotatable bonds is 2. The molecule has 0 bridgehead atoms. The summed E-state index contributed by atoms with van der Waals surface area (Å²) >= 11 is 0. The molecule has 19 heavy (non-hydrogen) atoms. The first-order valence-electron chi connectivity index (χ1n) is 6.61. The van der Waals surface area contributed by atoms with Crippen LogP contribution >= 0.6 is 0 Å². The summed E-state index contributed by atoms with van der Waals surface area (Å²) in [5.74, 6) is -0.161. The minimum atomic E-state index is -0.161. The Morgan fingerprint density at radius 2 is 2.16 bits per heavy atom. The molecule has 3 rings (SSSR count). The fourth-order valence-corrected chi connectivity index (χ4v) is 2.83. The maximum atomic E-state index is 13.8. The zero-order valence-corrected chi connectivity index (χ0v) is 11.3. The molecular weight excluding hydrogens is 241 g/mol. The first-order chi connectivity index (χ1) is 9.08. The fourth-order valence-electron chi connectivity index (χ4n) is 2.83. The zero-order valence-electron chi connectivity index (χ0n) is 11.3. The number of nitrogens with zero attached hydrogens (tertiary/aromatic N) is 2. The number of hydrogen-bond acceptors (Lipinski definition) is 2. The summed E-state index contributed by atoms with van der Waals surface area (Å²) in [4.78, 5) is 4.48. The average molecular weight is 259 g/mol. The highest BCUT2D eigenvalue weighted by atomic mass is 19.1. The van der Waals surface area contributed by atoms with Crippen LogP contribution in [0.2, 0.25) is 0 Å². The van der Waals surface area contributed by atoms with Gasteiger partial charge in [-0.25, -0.2) is 9.37 Å². The van der Waals surface area contributed by atoms with Crippen LogP contribution in [0.1, 0.15) is 30.8 Å². The molecule has 2 aromatic rings. The molecule has 1 aliphatic heterocycles. The normalized spacial score (nSPS) is 17.2. The van der Waals surface area contributed by atoms with Crippen LogP contribution in [0.3, 0.4) is 0 Å². The van der Waals surface area contributed by atoms with Gasteiger partial charge >= 0.3 is 0 Å². The summed E-state index contributed by atoms with van der Waals surface area (Å²) in [5, 5.41) is 3.49. The molecule has 4 heteroatoms. The highest BCUT2D eigenvalue weighted by Crippen LogP contribution is 2.28. The van der Waals surface area contributed by atoms with Crippen molar-refractivity contribution in [3.8, 4) is 0 Å². The highest BCUT2D eigenvalue weighted by Gasteiger charge is 2.31. The van der Waals surface area contributed by atoms with Gasteiger partial charge in [0.25, 0.3) is 0 Å². The van der Waals surface area contributed by atoms with E-state index in [0.29, 0.717) is 12.1 Å². The number of nitrogens with one attached hydrogen (secondary N) is 1. The molecule has 0 aliphatic carbocycles. The summed E-state index contributed by atoms with van der Waals surface area (Å²) in [6, 6.07) is 6.91. The van der Waals surface area contributed by atoms with E-state index in [4.69, 9.17) is 0 Å². The Hall–Kier alpha value is -1.68. The predicted octanol–water partition coefficient (Wildman–Crippen LogP) is 2.45. The van der Waals surface area contributed by atoms with Crippen LogP contribution in [-0.2, 0) is 18.5 Å². The zero-order chi connectivity index (χ0) is 13.5. The molecule has 0 saturated carbocycles. The Balaban J connectivity index is 2.00. The van der Waals surface area contributed by atoms with Gasteiger partial charge in [-0.15, -0.1) is 0 Å². The van der Waals surface area contributed by atoms with Crippen LogP contribution < -0.4 is 5.32 Å². The standard InChI is InChI=1S/C15H18FN3/c1-15(2)14-13(7-8-18-15)17-10-19(14)9-11-5-3-4-6-12(11)16/h3-6,10,18H,7-9H2,1-2H3. The molecule has 1 aliphatic rings. The first kappa shape index (κ1) is 12.4. The summed E-state index contributed by atoms with van der Waals surface area (Å²) < 4.78 is 15.8. The fraction of sp³-hybridized carbons (Fsp3) is 0.400. The molecular formula is C15H18FN3. The number of benzene rings is 1. The van der Waals surface area contributed by atoms with Crippen LogP contribution in [0.4, 0.5) is 4.39 Å². The molecule has 0 saturated heterocycles. The molecule has 2 heterocycles. The van der Waals surface area contributed by atoms with Crippen molar-refractivity contribution in [2.45, 2.75) is 32.4 Å². The van der Waals surface area contributed by atoms with Crippen molar-refractivity contribution < 1.29 is 4.39 Å². The van der Waals surface area contributed by atoms with Crippen LogP contribution in [-0.4, -0.2) is 16.1 Å². The third-order valence-corrected chi connectivity index (χ3v) is 3.73. The lowest BCUT2D eigenvalue weighted by molar-refractivity contribution is 0.356. The van der Waals surface area contributed by atoms with Crippen LogP contribution in [0.5, 0.6) is 0 Å². The van der Waals surface area contributed by atoms with E-state index in [-0.39, 0.29) is 11.4 Å². The van der Waals surface area contributed by atoms with Gasteiger partial charge in [0.05, 0.1) is 29.8 Å². The molecule has 0 unspecified atom stereocenters. The van der Waals surface area contributed by atoms with E-state index in [0.717, 1.165) is 18.7 Å². The Morgan fingerprint density at radius 3 is 2.95 bits per heavy atom. The van der Waals surface area contributed by atoms with E-state index in [2.05, 4.69) is 28.7 Å². The van der Waals surface area contributed by atoms with Crippen molar-refractivity contribution in [2.24, 2.45) is 0 Å². The average Bonchev–Trinajstić information content (AvgIpc) is 2.76. The van der Waals surface area contributed by atoms with E-state index in [1.165, 1.54) is 11.8 Å². The Morgan fingerprint density at radius 1 is 1.37 bits per heavy atom. The largest absolute Gasteiger partial charge is 0.328 e. The van der Waals surface area contributed by atoms with E-state index in [1.54, 1.807) is 6.07 Å². The topological polar surface area (TPSA) is 29.9 Å². The number of fused-ring (bicyclic) bond motifs is 1. The van der Waals surface area contributed by atoms with Crippen molar-refractivity contribution in [1.82, 2.24) is 14.9 Å². The minimum absolute atomic E-state index is 0.116. The van der Waals surface area contributed by atoms with Crippen LogP contribution in [0.25, 0.3) is 0 Å². The molecule has 1 N–H and O–H groups in total. The van der Waals surface area contributed by atoms with Crippen LogP contribution in [0, 0.1) is 5.82 Å². The van der Waals surface area contributed by atoms with Gasteiger partial charge < -0.3 is 9.88 Å². The molecule has 1 aromatic carbocycles. The lowest BCUT2D eigenvalue weighted by Gasteiger charge is -2.32. The predicted molar refractivity (Wildman–Crippen MR) is 72.5 cm³/mol. The van der Waals surface area contributed by atoms with E-state index in [1.807, 2.05) is 18.5 Å². The Labute approximate surface area is 112 Å². The number of imidazole rings is 1. The maximum Gasteiger partial charge on any atom is 0.128 e. The molecule has 3 nitrogen and oxygen atoms in total. The third-order valence-electron chi connectivity index (χ3n) is 3.73. The summed E-state index contributed by atoms with van der Waals surface area (Å²) in [6.45, 7) is 5.76. The molecule has 100 valence electrons. The molecule has 0 fully saturated rings. The summed E-state index contributed by atoms with van der Waals surface area (Å²) in [6.07, 6.45) is 2.76. The van der Waals surface area contributed by atoms with Crippen molar-refractivity contribution in [3.63, 3.8) is 0 Å². The van der Waals surface area contributed by atoms with E-state index < -0.39 is 0 Å². The Kier molecular flexibility index (Phi) is 2.90. The minimum Gasteiger partial charge on any atom is -0.328 e. The van der Waals surface area contributed by atoms with Gasteiger partial charge in [0.15, 0.2) is 0 Å². The highest BCUT2D eigenvalue weighted by molar-refractivity contribution is 5.27.